The van der Waals surface area contributed by atoms with Gasteiger partial charge in [0.1, 0.15) is 5.82 Å². The van der Waals surface area contributed by atoms with Crippen molar-refractivity contribution in [3.8, 4) is 0 Å². The molecule has 0 radical (unpaired) electrons. The highest BCUT2D eigenvalue weighted by Crippen LogP contribution is 2.11. The minimum absolute atomic E-state index is 0.472. The van der Waals surface area contributed by atoms with Gasteiger partial charge in [0.25, 0.3) is 0 Å². The van der Waals surface area contributed by atoms with Gasteiger partial charge in [-0.25, -0.2) is 9.98 Å². The van der Waals surface area contributed by atoms with Crippen molar-refractivity contribution in [3.05, 3.63) is 36.5 Å². The number of anilines is 1. The molecule has 1 aliphatic rings. The van der Waals surface area contributed by atoms with E-state index in [1.165, 1.54) is 0 Å². The van der Waals surface area contributed by atoms with Crippen molar-refractivity contribution in [2.24, 2.45) is 4.99 Å². The zero-order valence-electron chi connectivity index (χ0n) is 15.8. The average molecular weight is 345 g/mol. The molecule has 2 heterocycles. The van der Waals surface area contributed by atoms with Gasteiger partial charge in [-0.2, -0.15) is 0 Å². The van der Waals surface area contributed by atoms with Gasteiger partial charge in [-0.15, -0.1) is 6.58 Å². The first-order valence-corrected chi connectivity index (χ1v) is 9.13. The summed E-state index contributed by atoms with van der Waals surface area (Å²) >= 11 is 0. The smallest absolute Gasteiger partial charge is 0.191 e. The Morgan fingerprint density at radius 2 is 2.16 bits per heavy atom. The van der Waals surface area contributed by atoms with Crippen LogP contribution in [0.15, 0.2) is 35.8 Å². The number of hydrogen-bond donors (Lipinski definition) is 2. The van der Waals surface area contributed by atoms with E-state index < -0.39 is 0 Å². The van der Waals surface area contributed by atoms with Gasteiger partial charge in [-0.05, 0) is 31.9 Å². The van der Waals surface area contributed by atoms with Crippen molar-refractivity contribution in [2.75, 3.05) is 45.2 Å². The van der Waals surface area contributed by atoms with Crippen LogP contribution >= 0.6 is 0 Å². The standard InChI is InChI=1S/C19H32N6/c1-5-12-25-13-10-16(11-14-25)23-19(20-6-2)21-15-17-8-7-9-18(22-17)24(3)4/h5,7-9,16H,1,6,10-15H2,2-4H3,(H2,20,21,23). The number of nitrogens with one attached hydrogen (secondary N) is 2. The van der Waals surface area contributed by atoms with Crippen molar-refractivity contribution < 1.29 is 0 Å². The Labute approximate surface area is 152 Å². The van der Waals surface area contributed by atoms with Gasteiger partial charge in [0, 0.05) is 46.3 Å². The number of aromatic nitrogens is 1. The Hall–Kier alpha value is -2.08. The molecule has 1 saturated heterocycles. The molecule has 0 amide bonds. The van der Waals surface area contributed by atoms with Gasteiger partial charge in [0.2, 0.25) is 0 Å². The van der Waals surface area contributed by atoms with Crippen LogP contribution in [0.25, 0.3) is 0 Å². The molecule has 6 heteroatoms. The summed E-state index contributed by atoms with van der Waals surface area (Å²) in [4.78, 5) is 13.8. The van der Waals surface area contributed by atoms with E-state index in [4.69, 9.17) is 4.99 Å². The lowest BCUT2D eigenvalue weighted by Gasteiger charge is -2.32. The summed E-state index contributed by atoms with van der Waals surface area (Å²) in [5, 5.41) is 6.92. The molecule has 6 nitrogen and oxygen atoms in total. The quantitative estimate of drug-likeness (QED) is 0.449. The van der Waals surface area contributed by atoms with Crippen molar-refractivity contribution in [3.63, 3.8) is 0 Å². The van der Waals surface area contributed by atoms with E-state index in [-0.39, 0.29) is 0 Å². The van der Waals surface area contributed by atoms with E-state index in [1.807, 2.05) is 43.3 Å². The van der Waals surface area contributed by atoms with E-state index >= 15 is 0 Å². The van der Waals surface area contributed by atoms with Crippen LogP contribution in [-0.2, 0) is 6.54 Å². The number of likely N-dealkylation sites (tertiary alicyclic amines) is 1. The van der Waals surface area contributed by atoms with E-state index in [1.54, 1.807) is 0 Å². The molecule has 0 saturated carbocycles. The molecule has 0 unspecified atom stereocenters. The molecule has 0 atom stereocenters. The number of nitrogens with zero attached hydrogens (tertiary/aromatic N) is 4. The van der Waals surface area contributed by atoms with Crippen LogP contribution in [0.2, 0.25) is 0 Å². The fourth-order valence-electron chi connectivity index (χ4n) is 2.92. The van der Waals surface area contributed by atoms with Gasteiger partial charge in [0.15, 0.2) is 5.96 Å². The Balaban J connectivity index is 1.92. The molecule has 0 bridgehead atoms. The minimum Gasteiger partial charge on any atom is -0.363 e. The number of piperidine rings is 1. The van der Waals surface area contributed by atoms with E-state index in [0.29, 0.717) is 12.6 Å². The third-order valence-electron chi connectivity index (χ3n) is 4.31. The maximum Gasteiger partial charge on any atom is 0.191 e. The lowest BCUT2D eigenvalue weighted by molar-refractivity contribution is 0.225. The van der Waals surface area contributed by atoms with Crippen molar-refractivity contribution >= 4 is 11.8 Å². The monoisotopic (exact) mass is 344 g/mol. The molecular weight excluding hydrogens is 312 g/mol. The van der Waals surface area contributed by atoms with E-state index in [9.17, 15) is 0 Å². The molecule has 0 aliphatic carbocycles. The molecule has 1 aromatic heterocycles. The van der Waals surface area contributed by atoms with Crippen LogP contribution in [-0.4, -0.2) is 62.2 Å². The highest BCUT2D eigenvalue weighted by Gasteiger charge is 2.19. The SMILES string of the molecule is C=CCN1CCC(NC(=NCc2cccc(N(C)C)n2)NCC)CC1. The highest BCUT2D eigenvalue weighted by atomic mass is 15.2. The Morgan fingerprint density at radius 3 is 2.80 bits per heavy atom. The highest BCUT2D eigenvalue weighted by molar-refractivity contribution is 5.80. The molecule has 0 spiro atoms. The predicted octanol–water partition coefficient (Wildman–Crippen LogP) is 1.85. The normalized spacial score (nSPS) is 16.5. The third-order valence-corrected chi connectivity index (χ3v) is 4.31. The molecule has 0 aromatic carbocycles. The van der Waals surface area contributed by atoms with Crippen LogP contribution in [0.5, 0.6) is 0 Å². The molecule has 1 aromatic rings. The number of pyridine rings is 1. The van der Waals surface area contributed by atoms with E-state index in [0.717, 1.165) is 56.5 Å². The molecule has 25 heavy (non-hydrogen) atoms. The topological polar surface area (TPSA) is 55.8 Å². The number of rotatable bonds is 7. The first-order chi connectivity index (χ1) is 12.1. The maximum atomic E-state index is 4.72. The zero-order chi connectivity index (χ0) is 18.1. The summed E-state index contributed by atoms with van der Waals surface area (Å²) in [6.07, 6.45) is 4.24. The summed E-state index contributed by atoms with van der Waals surface area (Å²) in [5.74, 6) is 1.84. The van der Waals surface area contributed by atoms with Crippen LogP contribution in [0.4, 0.5) is 5.82 Å². The molecule has 1 fully saturated rings. The van der Waals surface area contributed by atoms with Gasteiger partial charge < -0.3 is 15.5 Å². The van der Waals surface area contributed by atoms with Crippen molar-refractivity contribution in [2.45, 2.75) is 32.4 Å². The lowest BCUT2D eigenvalue weighted by atomic mass is 10.1. The summed E-state index contributed by atoms with van der Waals surface area (Å²) < 4.78 is 0. The van der Waals surface area contributed by atoms with Gasteiger partial charge in [-0.1, -0.05) is 12.1 Å². The number of guanidine groups is 1. The maximum absolute atomic E-state index is 4.72. The zero-order valence-corrected chi connectivity index (χ0v) is 15.8. The fraction of sp³-hybridized carbons (Fsp3) is 0.579. The molecule has 1 aliphatic heterocycles. The first kappa shape index (κ1) is 19.2. The van der Waals surface area contributed by atoms with Crippen molar-refractivity contribution in [1.29, 1.82) is 0 Å². The number of aliphatic imine (C=N–C) groups is 1. The Bertz CT molecular complexity index is 561. The summed E-state index contributed by atoms with van der Waals surface area (Å²) in [6, 6.07) is 6.53. The summed E-state index contributed by atoms with van der Waals surface area (Å²) in [6.45, 7) is 10.5. The van der Waals surface area contributed by atoms with Crippen LogP contribution in [0.3, 0.4) is 0 Å². The Kier molecular flexibility index (Phi) is 7.73. The second-order valence-corrected chi connectivity index (χ2v) is 6.58. The van der Waals surface area contributed by atoms with Crippen LogP contribution in [0.1, 0.15) is 25.5 Å². The second kappa shape index (κ2) is 10.0. The average Bonchev–Trinajstić information content (AvgIpc) is 2.62. The predicted molar refractivity (Wildman–Crippen MR) is 106 cm³/mol. The molecule has 138 valence electrons. The second-order valence-electron chi connectivity index (χ2n) is 6.58. The third kappa shape index (κ3) is 6.38. The molecule has 2 rings (SSSR count). The van der Waals surface area contributed by atoms with Gasteiger partial charge in [-0.3, -0.25) is 4.90 Å². The Morgan fingerprint density at radius 1 is 1.40 bits per heavy atom. The molecular formula is C19H32N6. The summed E-state index contributed by atoms with van der Waals surface area (Å²) in [5.41, 5.74) is 0.976. The largest absolute Gasteiger partial charge is 0.363 e. The van der Waals surface area contributed by atoms with E-state index in [2.05, 4.69) is 34.0 Å². The van der Waals surface area contributed by atoms with Gasteiger partial charge >= 0.3 is 0 Å². The van der Waals surface area contributed by atoms with Crippen molar-refractivity contribution in [1.82, 2.24) is 20.5 Å². The molecule has 2 N–H and O–H groups in total. The lowest BCUT2D eigenvalue weighted by Crippen LogP contribution is -2.48. The van der Waals surface area contributed by atoms with Crippen LogP contribution in [0, 0.1) is 0 Å². The minimum atomic E-state index is 0.472. The fourth-order valence-corrected chi connectivity index (χ4v) is 2.92. The number of hydrogen-bond acceptors (Lipinski definition) is 4. The van der Waals surface area contributed by atoms with Gasteiger partial charge in [0.05, 0.1) is 12.2 Å². The van der Waals surface area contributed by atoms with Crippen LogP contribution < -0.4 is 15.5 Å². The first-order valence-electron chi connectivity index (χ1n) is 9.13. The summed E-state index contributed by atoms with van der Waals surface area (Å²) in [7, 11) is 4.00.